The standard InChI is InChI=1S/C15H29NO2/c1-10(2)9-18-13-7-14(15(17)11(3)4)16(8-13)12(5)6/h10-14H,7-9H2,1-6H3/t13?,14-/m0/s1. The average Bonchev–Trinajstić information content (AvgIpc) is 2.69. The Bertz CT molecular complexity index is 274. The van der Waals surface area contributed by atoms with Gasteiger partial charge in [0.1, 0.15) is 0 Å². The fourth-order valence-corrected chi connectivity index (χ4v) is 2.51. The summed E-state index contributed by atoms with van der Waals surface area (Å²) in [6.45, 7) is 14.3. The van der Waals surface area contributed by atoms with E-state index in [4.69, 9.17) is 4.74 Å². The van der Waals surface area contributed by atoms with Crippen LogP contribution in [-0.4, -0.2) is 42.0 Å². The van der Waals surface area contributed by atoms with E-state index in [1.54, 1.807) is 0 Å². The summed E-state index contributed by atoms with van der Waals surface area (Å²) in [7, 11) is 0. The Kier molecular flexibility index (Phi) is 5.80. The van der Waals surface area contributed by atoms with Gasteiger partial charge in [-0.15, -0.1) is 0 Å². The third kappa shape index (κ3) is 4.06. The van der Waals surface area contributed by atoms with Gasteiger partial charge in [0.15, 0.2) is 5.78 Å². The molecule has 0 aromatic heterocycles. The maximum Gasteiger partial charge on any atom is 0.152 e. The second kappa shape index (κ2) is 6.67. The molecule has 2 atom stereocenters. The lowest BCUT2D eigenvalue weighted by atomic mass is 9.99. The zero-order valence-corrected chi connectivity index (χ0v) is 12.8. The average molecular weight is 255 g/mol. The van der Waals surface area contributed by atoms with Gasteiger partial charge in [-0.3, -0.25) is 9.69 Å². The zero-order chi connectivity index (χ0) is 13.9. The van der Waals surface area contributed by atoms with Gasteiger partial charge in [0, 0.05) is 25.1 Å². The van der Waals surface area contributed by atoms with Crippen LogP contribution >= 0.6 is 0 Å². The van der Waals surface area contributed by atoms with Crippen LogP contribution in [-0.2, 0) is 9.53 Å². The lowest BCUT2D eigenvalue weighted by molar-refractivity contribution is -0.126. The summed E-state index contributed by atoms with van der Waals surface area (Å²) in [6.07, 6.45) is 1.09. The molecule has 0 radical (unpaired) electrons. The number of carbonyl (C=O) groups excluding carboxylic acids is 1. The molecule has 0 spiro atoms. The van der Waals surface area contributed by atoms with Crippen LogP contribution in [0.3, 0.4) is 0 Å². The molecule has 0 amide bonds. The van der Waals surface area contributed by atoms with E-state index in [1.807, 2.05) is 13.8 Å². The Morgan fingerprint density at radius 1 is 1.22 bits per heavy atom. The van der Waals surface area contributed by atoms with E-state index < -0.39 is 0 Å². The fourth-order valence-electron chi connectivity index (χ4n) is 2.51. The van der Waals surface area contributed by atoms with Crippen LogP contribution in [0.15, 0.2) is 0 Å². The molecule has 0 N–H and O–H groups in total. The molecule has 18 heavy (non-hydrogen) atoms. The third-order valence-corrected chi connectivity index (χ3v) is 3.53. The van der Waals surface area contributed by atoms with E-state index >= 15 is 0 Å². The highest BCUT2D eigenvalue weighted by atomic mass is 16.5. The number of nitrogens with zero attached hydrogens (tertiary/aromatic N) is 1. The summed E-state index contributed by atoms with van der Waals surface area (Å²) in [5.41, 5.74) is 0. The van der Waals surface area contributed by atoms with Gasteiger partial charge in [-0.1, -0.05) is 27.7 Å². The Balaban J connectivity index is 2.62. The molecule has 3 nitrogen and oxygen atoms in total. The van der Waals surface area contributed by atoms with Crippen LogP contribution < -0.4 is 0 Å². The summed E-state index contributed by atoms with van der Waals surface area (Å²) in [4.78, 5) is 14.5. The molecule has 0 aromatic carbocycles. The van der Waals surface area contributed by atoms with Crippen molar-refractivity contribution in [3.63, 3.8) is 0 Å². The van der Waals surface area contributed by atoms with Crippen LogP contribution in [0.1, 0.15) is 48.0 Å². The number of hydrogen-bond acceptors (Lipinski definition) is 3. The van der Waals surface area contributed by atoms with Crippen LogP contribution in [0.2, 0.25) is 0 Å². The van der Waals surface area contributed by atoms with Gasteiger partial charge in [-0.05, 0) is 26.2 Å². The Morgan fingerprint density at radius 3 is 2.28 bits per heavy atom. The van der Waals surface area contributed by atoms with Crippen molar-refractivity contribution in [1.82, 2.24) is 4.90 Å². The van der Waals surface area contributed by atoms with Gasteiger partial charge < -0.3 is 4.74 Å². The zero-order valence-electron chi connectivity index (χ0n) is 12.8. The molecule has 1 unspecified atom stereocenters. The van der Waals surface area contributed by atoms with Crippen molar-refractivity contribution in [2.45, 2.75) is 66.2 Å². The summed E-state index contributed by atoms with van der Waals surface area (Å²) in [5, 5.41) is 0. The van der Waals surface area contributed by atoms with E-state index in [-0.39, 0.29) is 18.1 Å². The third-order valence-electron chi connectivity index (χ3n) is 3.53. The number of rotatable bonds is 6. The second-order valence-corrected chi connectivity index (χ2v) is 6.45. The van der Waals surface area contributed by atoms with Crippen molar-refractivity contribution in [3.05, 3.63) is 0 Å². The summed E-state index contributed by atoms with van der Waals surface area (Å²) in [5.74, 6) is 1.02. The SMILES string of the molecule is CC(C)COC1C[C@@H](C(=O)C(C)C)N(C(C)C)C1. The van der Waals surface area contributed by atoms with Crippen molar-refractivity contribution in [3.8, 4) is 0 Å². The van der Waals surface area contributed by atoms with Crippen molar-refractivity contribution in [2.24, 2.45) is 11.8 Å². The van der Waals surface area contributed by atoms with E-state index in [0.29, 0.717) is 17.7 Å². The topological polar surface area (TPSA) is 29.5 Å². The molecular weight excluding hydrogens is 226 g/mol. The number of likely N-dealkylation sites (tertiary alicyclic amines) is 1. The van der Waals surface area contributed by atoms with Gasteiger partial charge in [0.2, 0.25) is 0 Å². The Labute approximate surface area is 112 Å². The van der Waals surface area contributed by atoms with Crippen molar-refractivity contribution in [1.29, 1.82) is 0 Å². The van der Waals surface area contributed by atoms with Crippen molar-refractivity contribution in [2.75, 3.05) is 13.2 Å². The molecule has 0 aliphatic carbocycles. The summed E-state index contributed by atoms with van der Waals surface area (Å²) >= 11 is 0. The molecule has 1 fully saturated rings. The predicted molar refractivity (Wildman–Crippen MR) is 74.7 cm³/mol. The number of carbonyl (C=O) groups is 1. The van der Waals surface area contributed by atoms with Crippen molar-refractivity contribution >= 4 is 5.78 Å². The normalized spacial score (nSPS) is 25.6. The number of ketones is 1. The van der Waals surface area contributed by atoms with E-state index in [9.17, 15) is 4.79 Å². The van der Waals surface area contributed by atoms with Gasteiger partial charge in [0.25, 0.3) is 0 Å². The first kappa shape index (κ1) is 15.6. The lowest BCUT2D eigenvalue weighted by Gasteiger charge is -2.27. The maximum absolute atomic E-state index is 12.2. The van der Waals surface area contributed by atoms with E-state index in [0.717, 1.165) is 19.6 Å². The highest BCUT2D eigenvalue weighted by Crippen LogP contribution is 2.25. The Hall–Kier alpha value is -0.410. The predicted octanol–water partition coefficient (Wildman–Crippen LogP) is 2.74. The monoisotopic (exact) mass is 255 g/mol. The molecule has 1 aliphatic rings. The minimum Gasteiger partial charge on any atom is -0.377 e. The molecule has 1 aliphatic heterocycles. The molecule has 0 bridgehead atoms. The maximum atomic E-state index is 12.2. The fraction of sp³-hybridized carbons (Fsp3) is 0.933. The van der Waals surface area contributed by atoms with Crippen LogP contribution in [0.5, 0.6) is 0 Å². The first-order chi connectivity index (χ1) is 8.32. The minimum atomic E-state index is 0.0576. The summed E-state index contributed by atoms with van der Waals surface area (Å²) in [6, 6.07) is 0.465. The summed E-state index contributed by atoms with van der Waals surface area (Å²) < 4.78 is 5.91. The van der Waals surface area contributed by atoms with Crippen LogP contribution in [0.25, 0.3) is 0 Å². The molecule has 1 rings (SSSR count). The first-order valence-corrected chi connectivity index (χ1v) is 7.24. The number of ether oxygens (including phenoxy) is 1. The Morgan fingerprint density at radius 2 is 1.83 bits per heavy atom. The quantitative estimate of drug-likeness (QED) is 0.731. The second-order valence-electron chi connectivity index (χ2n) is 6.45. The van der Waals surface area contributed by atoms with Gasteiger partial charge in [0.05, 0.1) is 12.1 Å². The molecular formula is C15H29NO2. The number of Topliss-reactive ketones (excluding diaryl/α,β-unsaturated/α-hetero) is 1. The molecule has 1 heterocycles. The highest BCUT2D eigenvalue weighted by Gasteiger charge is 2.39. The van der Waals surface area contributed by atoms with Crippen LogP contribution in [0, 0.1) is 11.8 Å². The van der Waals surface area contributed by atoms with Gasteiger partial charge >= 0.3 is 0 Å². The molecule has 0 saturated carbocycles. The molecule has 3 heteroatoms. The largest absolute Gasteiger partial charge is 0.377 e. The van der Waals surface area contributed by atoms with Crippen LogP contribution in [0.4, 0.5) is 0 Å². The van der Waals surface area contributed by atoms with Crippen molar-refractivity contribution < 1.29 is 9.53 Å². The molecule has 0 aromatic rings. The number of hydrogen-bond donors (Lipinski definition) is 0. The molecule has 106 valence electrons. The first-order valence-electron chi connectivity index (χ1n) is 7.24. The van der Waals surface area contributed by atoms with Gasteiger partial charge in [-0.25, -0.2) is 0 Å². The molecule has 1 saturated heterocycles. The van der Waals surface area contributed by atoms with Gasteiger partial charge in [-0.2, -0.15) is 0 Å². The van der Waals surface area contributed by atoms with E-state index in [2.05, 4.69) is 32.6 Å². The minimum absolute atomic E-state index is 0.0576. The highest BCUT2D eigenvalue weighted by molar-refractivity contribution is 5.86. The lowest BCUT2D eigenvalue weighted by Crippen LogP contribution is -2.42. The smallest absolute Gasteiger partial charge is 0.152 e. The van der Waals surface area contributed by atoms with E-state index in [1.165, 1.54) is 0 Å².